The van der Waals surface area contributed by atoms with Gasteiger partial charge < -0.3 is 5.32 Å². The number of anilines is 1. The Balaban J connectivity index is 1.89. The first-order valence-electron chi connectivity index (χ1n) is 6.42. The molecule has 0 bridgehead atoms. The summed E-state index contributed by atoms with van der Waals surface area (Å²) in [5.41, 5.74) is 3.41. The van der Waals surface area contributed by atoms with E-state index in [9.17, 15) is 9.59 Å². The Kier molecular flexibility index (Phi) is 3.14. The van der Waals surface area contributed by atoms with E-state index in [0.29, 0.717) is 10.7 Å². The Morgan fingerprint density at radius 3 is 2.90 bits per heavy atom. The minimum absolute atomic E-state index is 0.0409. The van der Waals surface area contributed by atoms with Crippen LogP contribution in [0.25, 0.3) is 0 Å². The van der Waals surface area contributed by atoms with Gasteiger partial charge in [-0.25, -0.2) is 4.98 Å². The van der Waals surface area contributed by atoms with Gasteiger partial charge in [-0.05, 0) is 25.0 Å². The summed E-state index contributed by atoms with van der Waals surface area (Å²) < 4.78 is 0. The van der Waals surface area contributed by atoms with E-state index in [-0.39, 0.29) is 18.1 Å². The van der Waals surface area contributed by atoms with Crippen LogP contribution in [0.5, 0.6) is 0 Å². The summed E-state index contributed by atoms with van der Waals surface area (Å²) >= 11 is 1.39. The lowest BCUT2D eigenvalue weighted by atomic mass is 9.96. The molecule has 1 N–H and O–H groups in total. The van der Waals surface area contributed by atoms with Gasteiger partial charge in [0.2, 0.25) is 5.91 Å². The van der Waals surface area contributed by atoms with Gasteiger partial charge in [-0.15, -0.1) is 11.3 Å². The van der Waals surface area contributed by atoms with Crippen molar-refractivity contribution in [3.8, 4) is 0 Å². The fraction of sp³-hybridized carbons (Fsp3) is 0.267. The molecule has 0 saturated heterocycles. The van der Waals surface area contributed by atoms with Crippen molar-refractivity contribution in [3.05, 3.63) is 46.0 Å². The number of aryl methyl sites for hydroxylation is 2. The van der Waals surface area contributed by atoms with Gasteiger partial charge in [0.25, 0.3) is 0 Å². The number of carbonyl (C=O) groups is 2. The van der Waals surface area contributed by atoms with Crippen molar-refractivity contribution in [2.24, 2.45) is 0 Å². The number of hydrogen-bond donors (Lipinski definition) is 1. The van der Waals surface area contributed by atoms with E-state index in [4.69, 9.17) is 0 Å². The fourth-order valence-electron chi connectivity index (χ4n) is 2.61. The Morgan fingerprint density at radius 1 is 1.40 bits per heavy atom. The smallest absolute Gasteiger partial charge is 0.234 e. The second-order valence-electron chi connectivity index (χ2n) is 5.00. The van der Waals surface area contributed by atoms with Gasteiger partial charge in [0, 0.05) is 17.4 Å². The number of ketones is 1. The topological polar surface area (TPSA) is 59.1 Å². The first kappa shape index (κ1) is 13.0. The molecule has 1 aromatic carbocycles. The number of fused-ring (bicyclic) bond motifs is 1. The highest BCUT2D eigenvalue weighted by Gasteiger charge is 2.35. The van der Waals surface area contributed by atoms with Crippen LogP contribution in [0.3, 0.4) is 0 Å². The summed E-state index contributed by atoms with van der Waals surface area (Å²) in [6.45, 7) is 3.82. The molecule has 20 heavy (non-hydrogen) atoms. The van der Waals surface area contributed by atoms with Gasteiger partial charge in [-0.3, -0.25) is 9.59 Å². The molecular weight excluding hydrogens is 272 g/mol. The summed E-state index contributed by atoms with van der Waals surface area (Å²) in [6, 6.07) is 5.59. The van der Waals surface area contributed by atoms with Crippen molar-refractivity contribution < 1.29 is 9.59 Å². The third kappa shape index (κ3) is 2.14. The monoisotopic (exact) mass is 286 g/mol. The quantitative estimate of drug-likeness (QED) is 0.923. The van der Waals surface area contributed by atoms with Crippen LogP contribution in [-0.4, -0.2) is 16.7 Å². The molecule has 4 nitrogen and oxygen atoms in total. The van der Waals surface area contributed by atoms with Crippen molar-refractivity contribution in [3.63, 3.8) is 0 Å². The average molecular weight is 286 g/mol. The zero-order valence-electron chi connectivity index (χ0n) is 11.3. The Bertz CT molecular complexity index is 706. The van der Waals surface area contributed by atoms with Crippen molar-refractivity contribution in [1.29, 1.82) is 0 Å². The molecule has 1 amide bonds. The molecule has 1 aromatic heterocycles. The maximum atomic E-state index is 12.4. The summed E-state index contributed by atoms with van der Waals surface area (Å²) in [4.78, 5) is 28.6. The van der Waals surface area contributed by atoms with Crippen molar-refractivity contribution in [2.75, 3.05) is 5.32 Å². The van der Waals surface area contributed by atoms with Crippen molar-refractivity contribution >= 4 is 28.2 Å². The molecule has 1 aliphatic carbocycles. The molecule has 5 heteroatoms. The van der Waals surface area contributed by atoms with E-state index >= 15 is 0 Å². The Hall–Kier alpha value is -2.01. The van der Waals surface area contributed by atoms with Crippen LogP contribution in [0.15, 0.2) is 23.6 Å². The van der Waals surface area contributed by atoms with E-state index in [0.717, 1.165) is 16.8 Å². The molecule has 0 saturated carbocycles. The van der Waals surface area contributed by atoms with Crippen LogP contribution in [-0.2, 0) is 4.79 Å². The fourth-order valence-corrected chi connectivity index (χ4v) is 3.30. The second kappa shape index (κ2) is 4.83. The summed E-state index contributed by atoms with van der Waals surface area (Å²) in [5.74, 6) is -0.511. The van der Waals surface area contributed by atoms with E-state index in [1.807, 2.05) is 31.4 Å². The third-order valence-corrected chi connectivity index (χ3v) is 4.40. The number of Topliss-reactive ketones (excluding diaryl/α,β-unsaturated/α-hetero) is 1. The number of amides is 1. The molecule has 0 radical (unpaired) electrons. The summed E-state index contributed by atoms with van der Waals surface area (Å²) in [6.07, 6.45) is 0.246. The lowest BCUT2D eigenvalue weighted by Gasteiger charge is -2.12. The number of hydrogen-bond acceptors (Lipinski definition) is 4. The molecular formula is C15H14N2O2S. The van der Waals surface area contributed by atoms with Gasteiger partial charge in [0.05, 0.1) is 11.6 Å². The number of benzene rings is 1. The lowest BCUT2D eigenvalue weighted by Crippen LogP contribution is -2.20. The highest BCUT2D eigenvalue weighted by Crippen LogP contribution is 2.36. The number of carbonyl (C=O) groups excluding carboxylic acids is 2. The van der Waals surface area contributed by atoms with Gasteiger partial charge in [-0.2, -0.15) is 0 Å². The Labute approximate surface area is 120 Å². The molecule has 2 aromatic rings. The standard InChI is InChI=1S/C15H14N2O2S/c1-8-4-3-5-10-12(18)6-11(13(8)10)14(19)17-15-16-9(2)7-20-15/h3-5,7,11H,6H2,1-2H3,(H,16,17,19). The predicted molar refractivity (Wildman–Crippen MR) is 78.3 cm³/mol. The minimum Gasteiger partial charge on any atom is -0.301 e. The van der Waals surface area contributed by atoms with Gasteiger partial charge in [-0.1, -0.05) is 18.2 Å². The molecule has 1 unspecified atom stereocenters. The molecule has 1 heterocycles. The van der Waals surface area contributed by atoms with E-state index in [1.54, 1.807) is 6.07 Å². The van der Waals surface area contributed by atoms with Crippen LogP contribution < -0.4 is 5.32 Å². The lowest BCUT2D eigenvalue weighted by molar-refractivity contribution is -0.117. The van der Waals surface area contributed by atoms with Crippen LogP contribution >= 0.6 is 11.3 Å². The van der Waals surface area contributed by atoms with Crippen molar-refractivity contribution in [1.82, 2.24) is 4.98 Å². The zero-order chi connectivity index (χ0) is 14.3. The van der Waals surface area contributed by atoms with Crippen molar-refractivity contribution in [2.45, 2.75) is 26.2 Å². The molecule has 1 atom stereocenters. The second-order valence-corrected chi connectivity index (χ2v) is 5.86. The van der Waals surface area contributed by atoms with E-state index in [1.165, 1.54) is 11.3 Å². The van der Waals surface area contributed by atoms with E-state index in [2.05, 4.69) is 10.3 Å². The molecule has 0 spiro atoms. The number of aromatic nitrogens is 1. The third-order valence-electron chi connectivity index (χ3n) is 3.53. The normalized spacial score (nSPS) is 17.1. The van der Waals surface area contributed by atoms with Crippen LogP contribution in [0.2, 0.25) is 0 Å². The first-order valence-corrected chi connectivity index (χ1v) is 7.30. The zero-order valence-corrected chi connectivity index (χ0v) is 12.1. The maximum absolute atomic E-state index is 12.4. The SMILES string of the molecule is Cc1csc(NC(=O)C2CC(=O)c3cccc(C)c32)n1. The highest BCUT2D eigenvalue weighted by molar-refractivity contribution is 7.13. The molecule has 1 aliphatic rings. The van der Waals surface area contributed by atoms with E-state index < -0.39 is 5.92 Å². The Morgan fingerprint density at radius 2 is 2.20 bits per heavy atom. The molecule has 0 fully saturated rings. The molecule has 102 valence electrons. The minimum atomic E-state index is -0.400. The van der Waals surface area contributed by atoms with Gasteiger partial charge in [0.15, 0.2) is 10.9 Å². The first-order chi connectivity index (χ1) is 9.56. The van der Waals surface area contributed by atoms with Crippen LogP contribution in [0.4, 0.5) is 5.13 Å². The summed E-state index contributed by atoms with van der Waals surface area (Å²) in [7, 11) is 0. The average Bonchev–Trinajstić information content (AvgIpc) is 2.95. The van der Waals surface area contributed by atoms with Crippen LogP contribution in [0, 0.1) is 13.8 Å². The number of nitrogens with zero attached hydrogens (tertiary/aromatic N) is 1. The maximum Gasteiger partial charge on any atom is 0.234 e. The summed E-state index contributed by atoms with van der Waals surface area (Å²) in [5, 5.41) is 5.28. The van der Waals surface area contributed by atoms with Crippen LogP contribution in [0.1, 0.15) is 39.5 Å². The molecule has 0 aliphatic heterocycles. The largest absolute Gasteiger partial charge is 0.301 e. The predicted octanol–water partition coefficient (Wildman–Crippen LogP) is 3.07. The highest BCUT2D eigenvalue weighted by atomic mass is 32.1. The number of rotatable bonds is 2. The molecule has 3 rings (SSSR count). The van der Waals surface area contributed by atoms with Gasteiger partial charge in [0.1, 0.15) is 0 Å². The number of nitrogens with one attached hydrogen (secondary N) is 1. The van der Waals surface area contributed by atoms with Gasteiger partial charge >= 0.3 is 0 Å². The number of thiazole rings is 1.